The van der Waals surface area contributed by atoms with Crippen molar-refractivity contribution in [2.24, 2.45) is 5.92 Å². The summed E-state index contributed by atoms with van der Waals surface area (Å²) in [5.41, 5.74) is 1.74. The van der Waals surface area contributed by atoms with Crippen molar-refractivity contribution in [3.63, 3.8) is 0 Å². The van der Waals surface area contributed by atoms with Gasteiger partial charge in [-0.3, -0.25) is 0 Å². The predicted octanol–water partition coefficient (Wildman–Crippen LogP) is 2.04. The van der Waals surface area contributed by atoms with Crippen LogP contribution in [0, 0.1) is 12.8 Å². The van der Waals surface area contributed by atoms with E-state index in [1.54, 1.807) is 6.07 Å². The summed E-state index contributed by atoms with van der Waals surface area (Å²) in [4.78, 5) is 0.378. The Bertz CT molecular complexity index is 512. The molecular formula is C14H24N2O2S. The van der Waals surface area contributed by atoms with Crippen molar-refractivity contribution in [3.05, 3.63) is 29.3 Å². The normalized spacial score (nSPS) is 13.5. The fraction of sp³-hybridized carbons (Fsp3) is 0.571. The van der Waals surface area contributed by atoms with E-state index in [1.807, 2.05) is 33.0 Å². The lowest BCUT2D eigenvalue weighted by atomic mass is 10.1. The molecule has 0 saturated carbocycles. The summed E-state index contributed by atoms with van der Waals surface area (Å²) in [7, 11) is -1.57. The molecule has 1 aromatic rings. The number of aryl methyl sites for hydroxylation is 1. The van der Waals surface area contributed by atoms with E-state index in [4.69, 9.17) is 0 Å². The van der Waals surface area contributed by atoms with Crippen molar-refractivity contribution in [1.29, 1.82) is 0 Å². The van der Waals surface area contributed by atoms with Gasteiger partial charge in [0.15, 0.2) is 0 Å². The molecule has 0 spiro atoms. The van der Waals surface area contributed by atoms with Crippen LogP contribution in [0.5, 0.6) is 0 Å². The molecule has 2 N–H and O–H groups in total. The van der Waals surface area contributed by atoms with Crippen LogP contribution in [0.3, 0.4) is 0 Å². The van der Waals surface area contributed by atoms with E-state index in [0.29, 0.717) is 23.9 Å². The van der Waals surface area contributed by atoms with Crippen LogP contribution in [0.25, 0.3) is 0 Å². The second kappa shape index (κ2) is 7.03. The van der Waals surface area contributed by atoms with Crippen LogP contribution in [-0.4, -0.2) is 22.0 Å². The number of hydrogen-bond acceptors (Lipinski definition) is 3. The Morgan fingerprint density at radius 1 is 1.32 bits per heavy atom. The second-order valence-electron chi connectivity index (χ2n) is 5.00. The summed E-state index contributed by atoms with van der Waals surface area (Å²) in [5, 5.41) is 3.03. The third kappa shape index (κ3) is 4.60. The minimum absolute atomic E-state index is 0.343. The maximum absolute atomic E-state index is 12.3. The van der Waals surface area contributed by atoms with Gasteiger partial charge in [0.05, 0.1) is 4.90 Å². The molecule has 0 saturated heterocycles. The van der Waals surface area contributed by atoms with Crippen LogP contribution in [0.4, 0.5) is 0 Å². The van der Waals surface area contributed by atoms with Gasteiger partial charge < -0.3 is 5.32 Å². The van der Waals surface area contributed by atoms with Gasteiger partial charge in [0.1, 0.15) is 0 Å². The number of hydrogen-bond donors (Lipinski definition) is 2. The molecule has 0 aromatic heterocycles. The largest absolute Gasteiger partial charge is 0.316 e. The van der Waals surface area contributed by atoms with Crippen LogP contribution >= 0.6 is 0 Å². The van der Waals surface area contributed by atoms with Crippen LogP contribution in [0.1, 0.15) is 31.4 Å². The van der Waals surface area contributed by atoms with Gasteiger partial charge in [-0.15, -0.1) is 0 Å². The van der Waals surface area contributed by atoms with E-state index in [0.717, 1.165) is 17.5 Å². The molecule has 0 aliphatic rings. The Balaban J connectivity index is 2.96. The van der Waals surface area contributed by atoms with Crippen molar-refractivity contribution in [3.8, 4) is 0 Å². The third-order valence-corrected chi connectivity index (χ3v) is 4.81. The highest BCUT2D eigenvalue weighted by Gasteiger charge is 2.17. The zero-order valence-corrected chi connectivity index (χ0v) is 13.0. The molecule has 0 radical (unpaired) electrons. The number of sulfonamides is 1. The van der Waals surface area contributed by atoms with Gasteiger partial charge in [-0.2, -0.15) is 0 Å². The first-order valence-corrected chi connectivity index (χ1v) is 8.12. The summed E-state index contributed by atoms with van der Waals surface area (Å²) in [6.45, 7) is 7.05. The summed E-state index contributed by atoms with van der Waals surface area (Å²) >= 11 is 0. The molecule has 0 bridgehead atoms. The van der Waals surface area contributed by atoms with Gasteiger partial charge in [-0.1, -0.05) is 32.4 Å². The predicted molar refractivity (Wildman–Crippen MR) is 78.6 cm³/mol. The van der Waals surface area contributed by atoms with Gasteiger partial charge in [-0.05, 0) is 37.1 Å². The summed E-state index contributed by atoms with van der Waals surface area (Å²) < 4.78 is 27.3. The monoisotopic (exact) mass is 284 g/mol. The molecule has 1 unspecified atom stereocenters. The number of nitrogens with one attached hydrogen (secondary N) is 2. The van der Waals surface area contributed by atoms with Crippen LogP contribution in [0.2, 0.25) is 0 Å². The third-order valence-electron chi connectivity index (χ3n) is 3.24. The highest BCUT2D eigenvalue weighted by molar-refractivity contribution is 7.89. The van der Waals surface area contributed by atoms with E-state index >= 15 is 0 Å². The molecule has 0 aliphatic carbocycles. The fourth-order valence-electron chi connectivity index (χ4n) is 1.72. The lowest BCUT2D eigenvalue weighted by molar-refractivity contribution is 0.528. The van der Waals surface area contributed by atoms with Crippen molar-refractivity contribution in [2.45, 2.75) is 38.6 Å². The molecule has 108 valence electrons. The van der Waals surface area contributed by atoms with Crippen molar-refractivity contribution in [1.82, 2.24) is 10.0 Å². The smallest absolute Gasteiger partial charge is 0.240 e. The minimum atomic E-state index is -3.41. The van der Waals surface area contributed by atoms with E-state index in [-0.39, 0.29) is 0 Å². The van der Waals surface area contributed by atoms with Crippen LogP contribution in [-0.2, 0) is 16.6 Å². The van der Waals surface area contributed by atoms with Crippen molar-refractivity contribution in [2.75, 3.05) is 13.6 Å². The Hall–Kier alpha value is -0.910. The minimum Gasteiger partial charge on any atom is -0.316 e. The Labute approximate surface area is 116 Å². The summed E-state index contributed by atoms with van der Waals surface area (Å²) in [6.07, 6.45) is 0.960. The maximum Gasteiger partial charge on any atom is 0.240 e. The molecule has 0 fully saturated rings. The molecule has 4 nitrogen and oxygen atoms in total. The summed E-state index contributed by atoms with van der Waals surface area (Å²) in [5.74, 6) is 0.343. The maximum atomic E-state index is 12.3. The number of benzene rings is 1. The SMILES string of the molecule is CCC(C)CNS(=O)(=O)c1cc(CNC)ccc1C. The quantitative estimate of drug-likeness (QED) is 0.805. The van der Waals surface area contributed by atoms with Crippen LogP contribution < -0.4 is 10.0 Å². The van der Waals surface area contributed by atoms with Gasteiger partial charge in [-0.25, -0.2) is 13.1 Å². The highest BCUT2D eigenvalue weighted by Crippen LogP contribution is 2.17. The van der Waals surface area contributed by atoms with Crippen LogP contribution in [0.15, 0.2) is 23.1 Å². The molecule has 19 heavy (non-hydrogen) atoms. The zero-order chi connectivity index (χ0) is 14.5. The van der Waals surface area contributed by atoms with E-state index in [2.05, 4.69) is 17.0 Å². The van der Waals surface area contributed by atoms with Crippen molar-refractivity contribution < 1.29 is 8.42 Å². The topological polar surface area (TPSA) is 58.2 Å². The Kier molecular flexibility index (Phi) is 5.97. The first kappa shape index (κ1) is 16.1. The lowest BCUT2D eigenvalue weighted by Gasteiger charge is -2.13. The Morgan fingerprint density at radius 3 is 2.58 bits per heavy atom. The lowest BCUT2D eigenvalue weighted by Crippen LogP contribution is -2.29. The van der Waals surface area contributed by atoms with Gasteiger partial charge in [0, 0.05) is 13.1 Å². The van der Waals surface area contributed by atoms with Gasteiger partial charge in [0.2, 0.25) is 10.0 Å². The molecule has 1 aromatic carbocycles. The average molecular weight is 284 g/mol. The molecule has 5 heteroatoms. The Morgan fingerprint density at radius 2 is 2.00 bits per heavy atom. The first-order valence-electron chi connectivity index (χ1n) is 6.64. The molecule has 1 atom stereocenters. The zero-order valence-electron chi connectivity index (χ0n) is 12.2. The fourth-order valence-corrected chi connectivity index (χ4v) is 3.18. The van der Waals surface area contributed by atoms with Gasteiger partial charge in [0.25, 0.3) is 0 Å². The van der Waals surface area contributed by atoms with Gasteiger partial charge >= 0.3 is 0 Å². The van der Waals surface area contributed by atoms with Crippen molar-refractivity contribution >= 4 is 10.0 Å². The molecule has 0 amide bonds. The van der Waals surface area contributed by atoms with E-state index in [1.165, 1.54) is 0 Å². The van der Waals surface area contributed by atoms with E-state index < -0.39 is 10.0 Å². The van der Waals surface area contributed by atoms with E-state index in [9.17, 15) is 8.42 Å². The molecule has 1 rings (SSSR count). The summed E-state index contributed by atoms with van der Waals surface area (Å²) in [6, 6.07) is 5.54. The average Bonchev–Trinajstić information content (AvgIpc) is 2.38. The standard InChI is InChI=1S/C14H24N2O2S/c1-5-11(2)9-16-19(17,18)14-8-13(10-15-4)7-6-12(14)3/h6-8,11,15-16H,5,9-10H2,1-4H3. The highest BCUT2D eigenvalue weighted by atomic mass is 32.2. The number of rotatable bonds is 7. The molecular weight excluding hydrogens is 260 g/mol. The molecule has 0 aliphatic heterocycles. The molecule has 0 heterocycles. The first-order chi connectivity index (χ1) is 8.90. The second-order valence-corrected chi connectivity index (χ2v) is 6.73.